The quantitative estimate of drug-likeness (QED) is 0.229. The molecule has 1 amide bonds. The Bertz CT molecular complexity index is 1240. The Balaban J connectivity index is 1.51. The Morgan fingerprint density at radius 2 is 1.85 bits per heavy atom. The number of rotatable bonds is 10. The summed E-state index contributed by atoms with van der Waals surface area (Å²) in [7, 11) is 0. The zero-order chi connectivity index (χ0) is 23.2. The van der Waals surface area contributed by atoms with Gasteiger partial charge in [-0.15, -0.1) is 10.2 Å². The molecule has 4 rings (SSSR count). The zero-order valence-electron chi connectivity index (χ0n) is 18.8. The third kappa shape index (κ3) is 5.26. The second-order valence-corrected chi connectivity index (χ2v) is 8.63. The van der Waals surface area contributed by atoms with E-state index in [4.69, 9.17) is 4.42 Å². The summed E-state index contributed by atoms with van der Waals surface area (Å²) in [5.74, 6) is -0.384. The molecule has 2 heterocycles. The van der Waals surface area contributed by atoms with Gasteiger partial charge in [0.2, 0.25) is 5.88 Å². The summed E-state index contributed by atoms with van der Waals surface area (Å²) in [6.45, 7) is 6.69. The highest BCUT2D eigenvalue weighted by molar-refractivity contribution is 7.99. The largest absolute Gasteiger partial charge is 0.493 e. The molecule has 4 aromatic rings. The first-order valence-electron chi connectivity index (χ1n) is 11.1. The molecular formula is C24H27N5O3S. The predicted octanol–water partition coefficient (Wildman–Crippen LogP) is 5.97. The number of carbonyl (C=O) groups excluding carboxylic acids is 1. The molecule has 8 nitrogen and oxygen atoms in total. The van der Waals surface area contributed by atoms with Crippen molar-refractivity contribution in [3.8, 4) is 5.88 Å². The van der Waals surface area contributed by atoms with E-state index in [0.29, 0.717) is 23.2 Å². The van der Waals surface area contributed by atoms with Crippen LogP contribution in [0.1, 0.15) is 26.7 Å². The van der Waals surface area contributed by atoms with Crippen LogP contribution in [0.4, 0.5) is 5.69 Å². The molecule has 1 N–H and O–H groups in total. The van der Waals surface area contributed by atoms with Crippen LogP contribution in [0.5, 0.6) is 5.88 Å². The highest BCUT2D eigenvalue weighted by atomic mass is 32.2. The zero-order valence-corrected chi connectivity index (χ0v) is 19.6. The number of azo groups is 1. The van der Waals surface area contributed by atoms with Gasteiger partial charge in [0.1, 0.15) is 5.52 Å². The molecular weight excluding hydrogens is 438 g/mol. The summed E-state index contributed by atoms with van der Waals surface area (Å²) in [5.41, 5.74) is 2.58. The van der Waals surface area contributed by atoms with Crippen LogP contribution in [0, 0.1) is 0 Å². The number of benzene rings is 2. The van der Waals surface area contributed by atoms with Gasteiger partial charge >= 0.3 is 0 Å². The molecule has 0 saturated carbocycles. The normalized spacial score (nSPS) is 12.0. The van der Waals surface area contributed by atoms with Gasteiger partial charge in [-0.1, -0.05) is 55.9 Å². The molecule has 0 fully saturated rings. The van der Waals surface area contributed by atoms with Gasteiger partial charge in [0.25, 0.3) is 11.1 Å². The number of carbonyl (C=O) groups is 1. The van der Waals surface area contributed by atoms with Crippen molar-refractivity contribution >= 4 is 45.4 Å². The van der Waals surface area contributed by atoms with Crippen LogP contribution in [0.3, 0.4) is 0 Å². The highest BCUT2D eigenvalue weighted by Crippen LogP contribution is 2.39. The van der Waals surface area contributed by atoms with E-state index in [2.05, 4.69) is 34.0 Å². The van der Waals surface area contributed by atoms with Crippen LogP contribution in [0.15, 0.2) is 68.4 Å². The van der Waals surface area contributed by atoms with Gasteiger partial charge in [0, 0.05) is 5.39 Å². The molecule has 0 radical (unpaired) electrons. The van der Waals surface area contributed by atoms with Crippen molar-refractivity contribution in [2.45, 2.75) is 38.6 Å². The fourth-order valence-electron chi connectivity index (χ4n) is 3.77. The lowest BCUT2D eigenvalue weighted by Gasteiger charge is -2.22. The smallest absolute Gasteiger partial charge is 0.275 e. The average molecular weight is 466 g/mol. The Labute approximate surface area is 196 Å². The van der Waals surface area contributed by atoms with Gasteiger partial charge in [0.05, 0.1) is 17.9 Å². The topological polar surface area (TPSA) is 96.2 Å². The molecule has 0 aliphatic carbocycles. The summed E-state index contributed by atoms with van der Waals surface area (Å²) < 4.78 is 7.44. The number of nitrogens with zero attached hydrogens (tertiary/aromatic N) is 5. The maximum absolute atomic E-state index is 12.4. The number of para-hydroxylation sites is 3. The number of oxazole rings is 1. The van der Waals surface area contributed by atoms with Crippen LogP contribution in [0.2, 0.25) is 0 Å². The van der Waals surface area contributed by atoms with Crippen molar-refractivity contribution < 1.29 is 14.3 Å². The van der Waals surface area contributed by atoms with E-state index < -0.39 is 5.91 Å². The SMILES string of the molecule is CCCN(CCC)Cn1c(O)c(N=NC(=O)CSc2nc3ccccc3o2)c2ccccc21. The first-order chi connectivity index (χ1) is 16.1. The van der Waals surface area contributed by atoms with E-state index in [9.17, 15) is 9.90 Å². The third-order valence-corrected chi connectivity index (χ3v) is 6.01. The number of thioether (sulfide) groups is 1. The number of hydrogen-bond donors (Lipinski definition) is 1. The van der Waals surface area contributed by atoms with Gasteiger partial charge < -0.3 is 9.52 Å². The fourth-order valence-corrected chi connectivity index (χ4v) is 4.39. The number of aromatic hydroxyl groups is 1. The van der Waals surface area contributed by atoms with Gasteiger partial charge in [0.15, 0.2) is 11.3 Å². The number of amides is 1. The minimum absolute atomic E-state index is 0.0107. The maximum atomic E-state index is 12.4. The van der Waals surface area contributed by atoms with Crippen LogP contribution in [0.25, 0.3) is 22.0 Å². The molecule has 0 spiro atoms. The minimum atomic E-state index is -0.433. The summed E-state index contributed by atoms with van der Waals surface area (Å²) in [5, 5.41) is 20.1. The first kappa shape index (κ1) is 23.0. The minimum Gasteiger partial charge on any atom is -0.493 e. The molecule has 0 bridgehead atoms. The molecule has 9 heteroatoms. The van der Waals surface area contributed by atoms with E-state index in [1.165, 1.54) is 11.8 Å². The third-order valence-electron chi connectivity index (χ3n) is 5.19. The second-order valence-electron chi connectivity index (χ2n) is 7.71. The highest BCUT2D eigenvalue weighted by Gasteiger charge is 2.18. The Hall–Kier alpha value is -3.17. The summed E-state index contributed by atoms with van der Waals surface area (Å²) in [4.78, 5) is 19.0. The molecule has 0 aliphatic rings. The monoisotopic (exact) mass is 465 g/mol. The van der Waals surface area contributed by atoms with Crippen molar-refractivity contribution in [3.63, 3.8) is 0 Å². The second kappa shape index (κ2) is 10.6. The van der Waals surface area contributed by atoms with Crippen molar-refractivity contribution in [1.82, 2.24) is 14.5 Å². The van der Waals surface area contributed by atoms with E-state index >= 15 is 0 Å². The van der Waals surface area contributed by atoms with Crippen molar-refractivity contribution in [2.24, 2.45) is 10.2 Å². The molecule has 0 aliphatic heterocycles. The van der Waals surface area contributed by atoms with Crippen LogP contribution >= 0.6 is 11.8 Å². The summed E-state index contributed by atoms with van der Waals surface area (Å²) in [6, 6.07) is 15.0. The first-order valence-corrected chi connectivity index (χ1v) is 12.0. The van der Waals surface area contributed by atoms with Gasteiger partial charge in [-0.3, -0.25) is 14.3 Å². The van der Waals surface area contributed by atoms with E-state index in [1.807, 2.05) is 53.1 Å². The molecule has 2 aromatic heterocycles. The summed E-state index contributed by atoms with van der Waals surface area (Å²) >= 11 is 1.17. The van der Waals surface area contributed by atoms with Gasteiger partial charge in [-0.2, -0.15) is 0 Å². The number of hydrogen-bond acceptors (Lipinski definition) is 7. The van der Waals surface area contributed by atoms with E-state index in [0.717, 1.165) is 42.4 Å². The lowest BCUT2D eigenvalue weighted by molar-refractivity contribution is -0.115. The van der Waals surface area contributed by atoms with E-state index in [1.54, 1.807) is 0 Å². The van der Waals surface area contributed by atoms with Crippen LogP contribution in [-0.4, -0.2) is 44.3 Å². The number of fused-ring (bicyclic) bond motifs is 2. The molecule has 0 atom stereocenters. The average Bonchev–Trinajstić information content (AvgIpc) is 3.35. The van der Waals surface area contributed by atoms with Crippen LogP contribution in [-0.2, 0) is 11.5 Å². The lowest BCUT2D eigenvalue weighted by atomic mass is 10.2. The van der Waals surface area contributed by atoms with Crippen molar-refractivity contribution in [1.29, 1.82) is 0 Å². The van der Waals surface area contributed by atoms with Crippen molar-refractivity contribution in [3.05, 3.63) is 48.5 Å². The fraction of sp³-hybridized carbons (Fsp3) is 0.333. The molecule has 33 heavy (non-hydrogen) atoms. The van der Waals surface area contributed by atoms with Gasteiger partial charge in [-0.05, 0) is 44.1 Å². The molecule has 172 valence electrons. The molecule has 0 unspecified atom stereocenters. The standard InChI is InChI=1S/C24H27N5O3S/c1-3-13-28(14-4-2)16-29-19-11-7-5-9-17(19)22(23(29)31)27-26-21(30)15-33-24-25-18-10-6-8-12-20(18)32-24/h5-12,31H,3-4,13-16H2,1-2H3. The Kier molecular flexibility index (Phi) is 7.41. The maximum Gasteiger partial charge on any atom is 0.275 e. The molecule has 0 saturated heterocycles. The van der Waals surface area contributed by atoms with Gasteiger partial charge in [-0.25, -0.2) is 4.98 Å². The lowest BCUT2D eigenvalue weighted by Crippen LogP contribution is -2.27. The van der Waals surface area contributed by atoms with Crippen molar-refractivity contribution in [2.75, 3.05) is 18.8 Å². The predicted molar refractivity (Wildman–Crippen MR) is 130 cm³/mol. The van der Waals surface area contributed by atoms with Crippen LogP contribution < -0.4 is 0 Å². The number of aromatic nitrogens is 2. The van der Waals surface area contributed by atoms with E-state index in [-0.39, 0.29) is 11.6 Å². The Morgan fingerprint density at radius 3 is 2.61 bits per heavy atom. The molecule has 2 aromatic carbocycles. The summed E-state index contributed by atoms with van der Waals surface area (Å²) in [6.07, 6.45) is 2.05. The Morgan fingerprint density at radius 1 is 1.12 bits per heavy atom.